The molecule has 3 rings (SSSR count). The van der Waals surface area contributed by atoms with Gasteiger partial charge < -0.3 is 10.4 Å². The smallest absolute Gasteiger partial charge is 0.416 e. The van der Waals surface area contributed by atoms with E-state index >= 15 is 0 Å². The Morgan fingerprint density at radius 1 is 1.29 bits per heavy atom. The molecular formula is C20H16F4N4O3. The molecule has 0 unspecified atom stereocenters. The highest BCUT2D eigenvalue weighted by Crippen LogP contribution is 2.31. The van der Waals surface area contributed by atoms with Gasteiger partial charge in [-0.15, -0.1) is 0 Å². The van der Waals surface area contributed by atoms with Crippen molar-refractivity contribution >= 4 is 12.0 Å². The second-order valence-electron chi connectivity index (χ2n) is 6.92. The highest BCUT2D eigenvalue weighted by atomic mass is 19.4. The molecule has 1 fully saturated rings. The van der Waals surface area contributed by atoms with Crippen molar-refractivity contribution in [3.63, 3.8) is 0 Å². The third-order valence-corrected chi connectivity index (χ3v) is 4.87. The van der Waals surface area contributed by atoms with Crippen molar-refractivity contribution in [2.75, 3.05) is 6.54 Å². The molecule has 31 heavy (non-hydrogen) atoms. The van der Waals surface area contributed by atoms with Gasteiger partial charge in [0.2, 0.25) is 5.91 Å². The van der Waals surface area contributed by atoms with Gasteiger partial charge in [-0.05, 0) is 23.8 Å². The summed E-state index contributed by atoms with van der Waals surface area (Å²) < 4.78 is 51.8. The first-order valence-corrected chi connectivity index (χ1v) is 9.08. The molecule has 1 saturated heterocycles. The van der Waals surface area contributed by atoms with Crippen LogP contribution in [0.2, 0.25) is 0 Å². The zero-order valence-electron chi connectivity index (χ0n) is 15.9. The zero-order valence-corrected chi connectivity index (χ0v) is 15.9. The van der Waals surface area contributed by atoms with Crippen LogP contribution in [0.25, 0.3) is 11.3 Å². The van der Waals surface area contributed by atoms with E-state index < -0.39 is 42.5 Å². The van der Waals surface area contributed by atoms with E-state index in [2.05, 4.69) is 10.3 Å². The zero-order chi connectivity index (χ0) is 22.8. The van der Waals surface area contributed by atoms with Crippen LogP contribution in [0.4, 0.5) is 22.4 Å². The molecule has 7 nitrogen and oxygen atoms in total. The number of hydrogen-bond acceptors (Lipinski definition) is 4. The first kappa shape index (κ1) is 22.0. The molecule has 2 atom stereocenters. The van der Waals surface area contributed by atoms with E-state index in [1.807, 2.05) is 6.07 Å². The summed E-state index contributed by atoms with van der Waals surface area (Å²) in [6.45, 7) is -0.566. The Morgan fingerprint density at radius 3 is 2.55 bits per heavy atom. The van der Waals surface area contributed by atoms with E-state index in [1.54, 1.807) is 0 Å². The van der Waals surface area contributed by atoms with Gasteiger partial charge in [0, 0.05) is 24.7 Å². The van der Waals surface area contributed by atoms with Gasteiger partial charge in [0.1, 0.15) is 18.3 Å². The lowest BCUT2D eigenvalue weighted by Gasteiger charge is -2.20. The molecule has 1 aliphatic rings. The maximum Gasteiger partial charge on any atom is 0.416 e. The maximum absolute atomic E-state index is 13.6. The van der Waals surface area contributed by atoms with Crippen molar-refractivity contribution in [1.29, 1.82) is 5.26 Å². The number of pyridine rings is 1. The molecule has 0 saturated carbocycles. The second kappa shape index (κ2) is 8.59. The van der Waals surface area contributed by atoms with Crippen LogP contribution >= 0.6 is 0 Å². The fraction of sp³-hybridized carbons (Fsp3) is 0.300. The summed E-state index contributed by atoms with van der Waals surface area (Å²) in [5.74, 6) is -0.709. The van der Waals surface area contributed by atoms with Gasteiger partial charge in [-0.3, -0.25) is 14.7 Å². The number of carboxylic acid groups (broad SMARTS) is 1. The fourth-order valence-electron chi connectivity index (χ4n) is 3.28. The molecule has 11 heteroatoms. The summed E-state index contributed by atoms with van der Waals surface area (Å²) in [4.78, 5) is 28.3. The second-order valence-corrected chi connectivity index (χ2v) is 6.92. The molecule has 0 spiro atoms. The molecule has 0 radical (unpaired) electrons. The number of hydrogen-bond donors (Lipinski definition) is 2. The summed E-state index contributed by atoms with van der Waals surface area (Å²) in [7, 11) is 0. The lowest BCUT2D eigenvalue weighted by atomic mass is 10.0. The molecule has 1 aromatic carbocycles. The van der Waals surface area contributed by atoms with E-state index in [9.17, 15) is 32.4 Å². The van der Waals surface area contributed by atoms with Gasteiger partial charge in [-0.1, -0.05) is 12.1 Å². The number of carbonyl (C=O) groups is 2. The summed E-state index contributed by atoms with van der Waals surface area (Å²) in [6, 6.07) is 6.46. The Bertz CT molecular complexity index is 1030. The molecular weight excluding hydrogens is 420 g/mol. The molecule has 2 aromatic rings. The van der Waals surface area contributed by atoms with Crippen molar-refractivity contribution in [2.24, 2.45) is 0 Å². The summed E-state index contributed by atoms with van der Waals surface area (Å²) in [5, 5.41) is 20.9. The van der Waals surface area contributed by atoms with E-state index in [-0.39, 0.29) is 24.2 Å². The summed E-state index contributed by atoms with van der Waals surface area (Å²) >= 11 is 0. The molecule has 1 aromatic heterocycles. The number of halogens is 4. The number of carbonyl (C=O) groups excluding carboxylic acids is 1. The van der Waals surface area contributed by atoms with Gasteiger partial charge >= 0.3 is 12.3 Å². The van der Waals surface area contributed by atoms with Crippen LogP contribution in [-0.2, 0) is 17.5 Å². The molecule has 2 heterocycles. The summed E-state index contributed by atoms with van der Waals surface area (Å²) in [6.07, 6.45) is -6.38. The normalized spacial score (nSPS) is 18.5. The molecule has 2 N–H and O–H groups in total. The number of nitriles is 1. The lowest BCUT2D eigenvalue weighted by Crippen LogP contribution is -2.45. The molecule has 0 bridgehead atoms. The van der Waals surface area contributed by atoms with Crippen LogP contribution in [0.1, 0.15) is 23.1 Å². The van der Waals surface area contributed by atoms with Crippen molar-refractivity contribution in [1.82, 2.24) is 15.2 Å². The maximum atomic E-state index is 13.6. The van der Waals surface area contributed by atoms with Gasteiger partial charge in [-0.2, -0.15) is 18.4 Å². The van der Waals surface area contributed by atoms with E-state index in [0.29, 0.717) is 16.0 Å². The largest absolute Gasteiger partial charge is 0.465 e. The third-order valence-electron chi connectivity index (χ3n) is 4.87. The van der Waals surface area contributed by atoms with Gasteiger partial charge in [0.25, 0.3) is 0 Å². The van der Waals surface area contributed by atoms with Crippen molar-refractivity contribution in [3.8, 4) is 17.3 Å². The highest BCUT2D eigenvalue weighted by molar-refractivity contribution is 5.86. The standard InChI is InChI=1S/C20H16F4N4O3/c21-15-6-17(28(10-15)19(30)31)18(29)27-8-12-5-16(26-9-13(12)7-25)11-1-3-14(4-2-11)20(22,23)24/h1-5,9,15,17H,6,8,10H2,(H,27,29)(H,30,31)/t15-,17-/m1/s1. The van der Waals surface area contributed by atoms with Crippen molar-refractivity contribution in [3.05, 3.63) is 53.2 Å². The molecule has 0 aliphatic carbocycles. The number of amides is 2. The number of rotatable bonds is 4. The summed E-state index contributed by atoms with van der Waals surface area (Å²) in [5.41, 5.74) is 0.299. The Balaban J connectivity index is 1.78. The first-order valence-electron chi connectivity index (χ1n) is 9.08. The number of aromatic nitrogens is 1. The average molecular weight is 436 g/mol. The average Bonchev–Trinajstić information content (AvgIpc) is 3.13. The Labute approximate surface area is 173 Å². The molecule has 1 aliphatic heterocycles. The van der Waals surface area contributed by atoms with Crippen molar-refractivity contribution < 1.29 is 32.3 Å². The first-order chi connectivity index (χ1) is 14.6. The van der Waals surface area contributed by atoms with E-state index in [4.69, 9.17) is 5.11 Å². The number of likely N-dealkylation sites (tertiary alicyclic amines) is 1. The van der Waals surface area contributed by atoms with Crippen LogP contribution < -0.4 is 5.32 Å². The number of benzene rings is 1. The van der Waals surface area contributed by atoms with Crippen LogP contribution in [0.3, 0.4) is 0 Å². The Kier molecular flexibility index (Phi) is 6.10. The SMILES string of the molecule is N#Cc1cnc(-c2ccc(C(F)(F)F)cc2)cc1CNC(=O)[C@H]1C[C@@H](F)CN1C(=O)O. The topological polar surface area (TPSA) is 106 Å². The predicted molar refractivity (Wildman–Crippen MR) is 99.3 cm³/mol. The molecule has 2 amide bonds. The van der Waals surface area contributed by atoms with Crippen LogP contribution in [0, 0.1) is 11.3 Å². The van der Waals surface area contributed by atoms with Gasteiger partial charge in [0.05, 0.1) is 23.4 Å². The molecule has 162 valence electrons. The minimum Gasteiger partial charge on any atom is -0.465 e. The fourth-order valence-corrected chi connectivity index (χ4v) is 3.28. The highest BCUT2D eigenvalue weighted by Gasteiger charge is 2.39. The monoisotopic (exact) mass is 436 g/mol. The number of nitrogens with one attached hydrogen (secondary N) is 1. The van der Waals surface area contributed by atoms with Crippen molar-refractivity contribution in [2.45, 2.75) is 31.4 Å². The third kappa shape index (κ3) is 4.91. The Morgan fingerprint density at radius 2 is 1.97 bits per heavy atom. The quantitative estimate of drug-likeness (QED) is 0.715. The Hall–Kier alpha value is -3.68. The van der Waals surface area contributed by atoms with Gasteiger partial charge in [-0.25, -0.2) is 9.18 Å². The predicted octanol–water partition coefficient (Wildman–Crippen LogP) is 3.35. The lowest BCUT2D eigenvalue weighted by molar-refractivity contribution is -0.137. The van der Waals surface area contributed by atoms with E-state index in [0.717, 1.165) is 12.1 Å². The van der Waals surface area contributed by atoms with Gasteiger partial charge in [0.15, 0.2) is 0 Å². The number of nitrogens with zero attached hydrogens (tertiary/aromatic N) is 3. The number of alkyl halides is 4. The van der Waals surface area contributed by atoms with Crippen LogP contribution in [0.15, 0.2) is 36.5 Å². The van der Waals surface area contributed by atoms with E-state index in [1.165, 1.54) is 24.4 Å². The van der Waals surface area contributed by atoms with Crippen LogP contribution in [-0.4, -0.2) is 45.7 Å². The minimum atomic E-state index is -4.48. The minimum absolute atomic E-state index is 0.126. The van der Waals surface area contributed by atoms with Crippen LogP contribution in [0.5, 0.6) is 0 Å².